The maximum absolute atomic E-state index is 13.3. The number of anilines is 1. The molecule has 0 saturated carbocycles. The Hall–Kier alpha value is -3.33. The molecule has 2 atom stereocenters. The first-order valence-electron chi connectivity index (χ1n) is 12.5. The topological polar surface area (TPSA) is 126 Å². The standard InChI is InChI=1S/C28H32N2O6S/c1-16-5-11-24(22(13-16)28(2,3)4)37(35,36)30-19-9-10-20-21(15-19)23(31)14-18(26(20)33)7-6-17-8-12-25(32)29-27(17)34/h5,9-11,13,15,17-18,30H,6-8,12,14H2,1-4H3,(H,29,32,34). The van der Waals surface area contributed by atoms with Gasteiger partial charge in [0.2, 0.25) is 11.8 Å². The molecule has 196 valence electrons. The molecule has 8 nitrogen and oxygen atoms in total. The van der Waals surface area contributed by atoms with Gasteiger partial charge < -0.3 is 0 Å². The van der Waals surface area contributed by atoms with Gasteiger partial charge in [-0.3, -0.25) is 29.2 Å². The van der Waals surface area contributed by atoms with Crippen molar-refractivity contribution in [3.05, 3.63) is 58.7 Å². The highest BCUT2D eigenvalue weighted by atomic mass is 32.2. The number of hydrogen-bond acceptors (Lipinski definition) is 6. The number of Topliss-reactive ketones (excluding diaryl/α,β-unsaturated/α-hetero) is 2. The zero-order valence-electron chi connectivity index (χ0n) is 21.5. The van der Waals surface area contributed by atoms with Gasteiger partial charge in [0.1, 0.15) is 0 Å². The summed E-state index contributed by atoms with van der Waals surface area (Å²) in [5, 5.41) is 2.32. The Labute approximate surface area is 217 Å². The van der Waals surface area contributed by atoms with Crippen LogP contribution in [-0.4, -0.2) is 31.8 Å². The van der Waals surface area contributed by atoms with Crippen molar-refractivity contribution in [1.29, 1.82) is 0 Å². The van der Waals surface area contributed by atoms with Crippen molar-refractivity contribution in [2.24, 2.45) is 11.8 Å². The number of aryl methyl sites for hydroxylation is 1. The number of rotatable bonds is 6. The van der Waals surface area contributed by atoms with E-state index in [0.717, 1.165) is 5.56 Å². The third-order valence-electron chi connectivity index (χ3n) is 7.09. The number of carbonyl (C=O) groups is 4. The summed E-state index contributed by atoms with van der Waals surface area (Å²) in [6.45, 7) is 7.74. The van der Waals surface area contributed by atoms with Crippen LogP contribution in [0.4, 0.5) is 5.69 Å². The number of nitrogens with one attached hydrogen (secondary N) is 2. The summed E-state index contributed by atoms with van der Waals surface area (Å²) in [6, 6.07) is 9.60. The van der Waals surface area contributed by atoms with E-state index in [-0.39, 0.29) is 63.9 Å². The Morgan fingerprint density at radius 1 is 0.946 bits per heavy atom. The van der Waals surface area contributed by atoms with Gasteiger partial charge >= 0.3 is 0 Å². The van der Waals surface area contributed by atoms with Gasteiger partial charge in [0.05, 0.1) is 4.90 Å². The van der Waals surface area contributed by atoms with E-state index in [4.69, 9.17) is 0 Å². The third kappa shape index (κ3) is 5.66. The van der Waals surface area contributed by atoms with Gasteiger partial charge in [-0.15, -0.1) is 0 Å². The SMILES string of the molecule is Cc1ccc(S(=O)(=O)Nc2ccc3c(c2)C(=O)CC(CCC2CCC(=O)NC2=O)C3=O)c(C(C)(C)C)c1. The number of imide groups is 1. The van der Waals surface area contributed by atoms with Crippen molar-refractivity contribution in [2.75, 3.05) is 4.72 Å². The van der Waals surface area contributed by atoms with E-state index < -0.39 is 21.4 Å². The molecule has 1 aliphatic carbocycles. The van der Waals surface area contributed by atoms with Crippen LogP contribution in [0.2, 0.25) is 0 Å². The van der Waals surface area contributed by atoms with E-state index in [0.29, 0.717) is 24.8 Å². The maximum atomic E-state index is 13.3. The predicted molar refractivity (Wildman–Crippen MR) is 139 cm³/mol. The lowest BCUT2D eigenvalue weighted by atomic mass is 9.78. The van der Waals surface area contributed by atoms with Crippen molar-refractivity contribution in [3.8, 4) is 0 Å². The molecular formula is C28H32N2O6S. The van der Waals surface area contributed by atoms with Crippen LogP contribution in [-0.2, 0) is 25.0 Å². The normalized spacial score (nSPS) is 20.4. The summed E-state index contributed by atoms with van der Waals surface area (Å²) in [6.07, 6.45) is 1.50. The second-order valence-electron chi connectivity index (χ2n) is 11.0. The van der Waals surface area contributed by atoms with Gasteiger partial charge in [-0.25, -0.2) is 8.42 Å². The second kappa shape index (κ2) is 9.85. The lowest BCUT2D eigenvalue weighted by Crippen LogP contribution is -2.41. The van der Waals surface area contributed by atoms with Crippen molar-refractivity contribution < 1.29 is 27.6 Å². The van der Waals surface area contributed by atoms with Gasteiger partial charge in [0.15, 0.2) is 11.6 Å². The molecule has 4 rings (SSSR count). The highest BCUT2D eigenvalue weighted by molar-refractivity contribution is 7.92. The van der Waals surface area contributed by atoms with Gasteiger partial charge in [-0.05, 0) is 61.4 Å². The number of piperidine rings is 1. The molecule has 37 heavy (non-hydrogen) atoms. The Kier molecular flexibility index (Phi) is 7.12. The molecule has 0 spiro atoms. The van der Waals surface area contributed by atoms with Gasteiger partial charge in [-0.1, -0.05) is 38.5 Å². The smallest absolute Gasteiger partial charge is 0.262 e. The highest BCUT2D eigenvalue weighted by Crippen LogP contribution is 2.34. The van der Waals surface area contributed by atoms with E-state index in [9.17, 15) is 27.6 Å². The lowest BCUT2D eigenvalue weighted by Gasteiger charge is -2.26. The zero-order chi connectivity index (χ0) is 27.1. The van der Waals surface area contributed by atoms with E-state index in [1.165, 1.54) is 18.2 Å². The number of carbonyl (C=O) groups excluding carboxylic acids is 4. The number of sulfonamides is 1. The quantitative estimate of drug-likeness (QED) is 0.542. The minimum absolute atomic E-state index is 0.00143. The Morgan fingerprint density at radius 3 is 2.32 bits per heavy atom. The van der Waals surface area contributed by atoms with E-state index >= 15 is 0 Å². The number of amides is 2. The third-order valence-corrected chi connectivity index (χ3v) is 8.53. The minimum Gasteiger partial charge on any atom is -0.296 e. The predicted octanol–water partition coefficient (Wildman–Crippen LogP) is 4.31. The van der Waals surface area contributed by atoms with Crippen LogP contribution in [0.15, 0.2) is 41.3 Å². The molecule has 2 aromatic carbocycles. The Bertz CT molecular complexity index is 1400. The maximum Gasteiger partial charge on any atom is 0.262 e. The molecule has 2 aromatic rings. The average Bonchev–Trinajstić information content (AvgIpc) is 2.80. The van der Waals surface area contributed by atoms with Crippen molar-refractivity contribution >= 4 is 39.1 Å². The number of fused-ring (bicyclic) bond motifs is 1. The average molecular weight is 525 g/mol. The molecule has 2 N–H and O–H groups in total. The van der Waals surface area contributed by atoms with E-state index in [1.54, 1.807) is 12.1 Å². The molecule has 2 unspecified atom stereocenters. The summed E-state index contributed by atoms with van der Waals surface area (Å²) in [5.74, 6) is -1.94. The molecule has 1 heterocycles. The lowest BCUT2D eigenvalue weighted by molar-refractivity contribution is -0.136. The van der Waals surface area contributed by atoms with Gasteiger partial charge in [0, 0.05) is 41.5 Å². The Morgan fingerprint density at radius 2 is 1.65 bits per heavy atom. The molecule has 1 saturated heterocycles. The number of ketones is 2. The van der Waals surface area contributed by atoms with Crippen LogP contribution >= 0.6 is 0 Å². The largest absolute Gasteiger partial charge is 0.296 e. The Balaban J connectivity index is 1.53. The van der Waals surface area contributed by atoms with Gasteiger partial charge in [-0.2, -0.15) is 0 Å². The molecule has 0 bridgehead atoms. The second-order valence-corrected chi connectivity index (χ2v) is 12.7. The summed E-state index contributed by atoms with van der Waals surface area (Å²) in [5.41, 5.74) is 1.90. The van der Waals surface area contributed by atoms with Crippen LogP contribution in [0, 0.1) is 18.8 Å². The monoisotopic (exact) mass is 524 g/mol. The van der Waals surface area contributed by atoms with Crippen molar-refractivity contribution in [2.45, 2.75) is 70.1 Å². The van der Waals surface area contributed by atoms with Crippen LogP contribution < -0.4 is 10.0 Å². The fourth-order valence-corrected chi connectivity index (χ4v) is 6.47. The minimum atomic E-state index is -3.95. The van der Waals surface area contributed by atoms with E-state index in [1.807, 2.05) is 33.8 Å². The number of hydrogen-bond donors (Lipinski definition) is 2. The first-order valence-corrected chi connectivity index (χ1v) is 13.9. The molecule has 1 fully saturated rings. The van der Waals surface area contributed by atoms with Gasteiger partial charge in [0.25, 0.3) is 10.0 Å². The van der Waals surface area contributed by atoms with Crippen molar-refractivity contribution in [1.82, 2.24) is 5.32 Å². The fraction of sp³-hybridized carbons (Fsp3) is 0.429. The van der Waals surface area contributed by atoms with Crippen LogP contribution in [0.1, 0.15) is 84.7 Å². The molecule has 0 radical (unpaired) electrons. The number of benzene rings is 2. The molecule has 9 heteroatoms. The first kappa shape index (κ1) is 26.7. The molecule has 2 aliphatic rings. The summed E-state index contributed by atoms with van der Waals surface area (Å²) < 4.78 is 29.2. The fourth-order valence-electron chi connectivity index (χ4n) is 5.02. The summed E-state index contributed by atoms with van der Waals surface area (Å²) in [7, 11) is -3.95. The highest BCUT2D eigenvalue weighted by Gasteiger charge is 2.35. The van der Waals surface area contributed by atoms with Crippen LogP contribution in [0.5, 0.6) is 0 Å². The molecule has 0 aromatic heterocycles. The zero-order valence-corrected chi connectivity index (χ0v) is 22.3. The van der Waals surface area contributed by atoms with Crippen LogP contribution in [0.25, 0.3) is 0 Å². The van der Waals surface area contributed by atoms with Crippen molar-refractivity contribution in [3.63, 3.8) is 0 Å². The molecule has 2 amide bonds. The molecule has 1 aliphatic heterocycles. The summed E-state index contributed by atoms with van der Waals surface area (Å²) in [4.78, 5) is 49.6. The summed E-state index contributed by atoms with van der Waals surface area (Å²) >= 11 is 0. The molecular weight excluding hydrogens is 492 g/mol. The van der Waals surface area contributed by atoms with Crippen LogP contribution in [0.3, 0.4) is 0 Å². The first-order chi connectivity index (χ1) is 17.3. The van der Waals surface area contributed by atoms with E-state index in [2.05, 4.69) is 10.0 Å².